The lowest BCUT2D eigenvalue weighted by Crippen LogP contribution is -2.18. The van der Waals surface area contributed by atoms with E-state index >= 15 is 0 Å². The smallest absolute Gasteiger partial charge is 0.149 e. The predicted molar refractivity (Wildman–Crippen MR) is 119 cm³/mol. The molecule has 4 rings (SSSR count). The van der Waals surface area contributed by atoms with E-state index in [4.69, 9.17) is 26.2 Å². The second kappa shape index (κ2) is 8.73. The summed E-state index contributed by atoms with van der Waals surface area (Å²) in [6.45, 7) is 5.47. The van der Waals surface area contributed by atoms with Gasteiger partial charge in [-0.15, -0.1) is 5.10 Å². The molecule has 0 aliphatic carbocycles. The van der Waals surface area contributed by atoms with Gasteiger partial charge in [0.05, 0.1) is 16.6 Å². The van der Waals surface area contributed by atoms with E-state index in [9.17, 15) is 0 Å². The average molecular weight is 435 g/mol. The molecular formula is C21H25N9O2. The Morgan fingerprint density at radius 2 is 1.66 bits per heavy atom. The zero-order chi connectivity index (χ0) is 22.8. The molecule has 2 heterocycles. The highest BCUT2D eigenvalue weighted by atomic mass is 16.5. The van der Waals surface area contributed by atoms with Gasteiger partial charge in [-0.1, -0.05) is 19.1 Å². The van der Waals surface area contributed by atoms with E-state index in [1.807, 2.05) is 17.0 Å². The molecule has 166 valence electrons. The SMILES string of the molecule is CC(C)CCn1c(Cn2nnc3ccc(C(=N)NO)cc32)nc2cc(C(=N)NO)ccc21. The molecule has 11 nitrogen and oxygen atoms in total. The molecule has 0 bridgehead atoms. The highest BCUT2D eigenvalue weighted by Crippen LogP contribution is 2.22. The Labute approximate surface area is 183 Å². The number of rotatable bonds is 7. The molecule has 0 radical (unpaired) electrons. The third-order valence-corrected chi connectivity index (χ3v) is 5.36. The maximum Gasteiger partial charge on any atom is 0.149 e. The largest absolute Gasteiger partial charge is 0.326 e. The van der Waals surface area contributed by atoms with Crippen molar-refractivity contribution < 1.29 is 10.4 Å². The number of fused-ring (bicyclic) bond motifs is 2. The van der Waals surface area contributed by atoms with Crippen molar-refractivity contribution in [3.8, 4) is 0 Å². The molecule has 4 aromatic rings. The van der Waals surface area contributed by atoms with Crippen molar-refractivity contribution >= 4 is 33.7 Å². The summed E-state index contributed by atoms with van der Waals surface area (Å²) in [5, 5.41) is 42.2. The molecule has 11 heteroatoms. The third-order valence-electron chi connectivity index (χ3n) is 5.36. The Balaban J connectivity index is 1.78. The van der Waals surface area contributed by atoms with Gasteiger partial charge in [-0.3, -0.25) is 32.2 Å². The Kier molecular flexibility index (Phi) is 5.84. The molecule has 0 unspecified atom stereocenters. The minimum absolute atomic E-state index is 0.0973. The lowest BCUT2D eigenvalue weighted by molar-refractivity contribution is 0.234. The molecular weight excluding hydrogens is 410 g/mol. The van der Waals surface area contributed by atoms with Crippen molar-refractivity contribution in [2.24, 2.45) is 5.92 Å². The predicted octanol–water partition coefficient (Wildman–Crippen LogP) is 2.48. The van der Waals surface area contributed by atoms with Gasteiger partial charge in [0.25, 0.3) is 0 Å². The van der Waals surface area contributed by atoms with Gasteiger partial charge in [0, 0.05) is 17.7 Å². The van der Waals surface area contributed by atoms with Gasteiger partial charge in [-0.25, -0.2) is 9.67 Å². The van der Waals surface area contributed by atoms with E-state index in [0.29, 0.717) is 29.1 Å². The summed E-state index contributed by atoms with van der Waals surface area (Å²) in [7, 11) is 0. The molecule has 32 heavy (non-hydrogen) atoms. The van der Waals surface area contributed by atoms with Crippen LogP contribution in [0.5, 0.6) is 0 Å². The highest BCUT2D eigenvalue weighted by Gasteiger charge is 2.16. The van der Waals surface area contributed by atoms with Crippen LogP contribution in [0.4, 0.5) is 0 Å². The fourth-order valence-electron chi connectivity index (χ4n) is 3.59. The maximum atomic E-state index is 9.06. The number of aromatic nitrogens is 5. The molecule has 6 N–H and O–H groups in total. The first-order valence-electron chi connectivity index (χ1n) is 10.2. The molecule has 0 saturated heterocycles. The number of hydrogen-bond acceptors (Lipinski definition) is 7. The standard InChI is InChI=1S/C21H25N9O2/c1-12(2)7-8-29-17-6-4-13(20(22)26-31)9-16(17)24-19(29)11-30-18-10-14(21(23)27-32)3-5-15(18)25-28-30/h3-6,9-10,12,31-32H,7-8,11H2,1-2H3,(H2,22,26)(H2,23,27). The zero-order valence-electron chi connectivity index (χ0n) is 17.8. The van der Waals surface area contributed by atoms with Crippen LogP contribution in [0.15, 0.2) is 36.4 Å². The van der Waals surface area contributed by atoms with E-state index in [2.05, 4.69) is 28.7 Å². The summed E-state index contributed by atoms with van der Waals surface area (Å²) < 4.78 is 3.86. The number of nitrogens with zero attached hydrogens (tertiary/aromatic N) is 5. The topological polar surface area (TPSA) is 161 Å². The first-order valence-corrected chi connectivity index (χ1v) is 10.2. The van der Waals surface area contributed by atoms with Crippen molar-refractivity contribution in [1.29, 1.82) is 10.8 Å². The maximum absolute atomic E-state index is 9.06. The summed E-state index contributed by atoms with van der Waals surface area (Å²) >= 11 is 0. The Hall–Kier alpha value is -3.83. The fourth-order valence-corrected chi connectivity index (χ4v) is 3.59. The van der Waals surface area contributed by atoms with Gasteiger partial charge < -0.3 is 4.57 Å². The van der Waals surface area contributed by atoms with Crippen LogP contribution in [-0.4, -0.2) is 46.6 Å². The van der Waals surface area contributed by atoms with Crippen molar-refractivity contribution in [3.05, 3.63) is 53.3 Å². The first-order chi connectivity index (χ1) is 15.4. The molecule has 0 amide bonds. The van der Waals surface area contributed by atoms with E-state index in [1.54, 1.807) is 35.0 Å². The molecule has 0 atom stereocenters. The number of aryl methyl sites for hydroxylation is 1. The van der Waals surface area contributed by atoms with E-state index in [1.165, 1.54) is 0 Å². The Morgan fingerprint density at radius 1 is 0.969 bits per heavy atom. The number of hydrogen-bond donors (Lipinski definition) is 6. The van der Waals surface area contributed by atoms with Gasteiger partial charge in [-0.05, 0) is 48.7 Å². The number of nitrogens with one attached hydrogen (secondary N) is 4. The van der Waals surface area contributed by atoms with E-state index in [0.717, 1.165) is 35.3 Å². The van der Waals surface area contributed by atoms with Crippen LogP contribution in [0.25, 0.3) is 22.1 Å². The van der Waals surface area contributed by atoms with Crippen molar-refractivity contribution in [2.45, 2.75) is 33.4 Å². The van der Waals surface area contributed by atoms with Crippen LogP contribution >= 0.6 is 0 Å². The van der Waals surface area contributed by atoms with Crippen molar-refractivity contribution in [3.63, 3.8) is 0 Å². The first kappa shape index (κ1) is 21.4. The monoisotopic (exact) mass is 435 g/mol. The molecule has 2 aromatic carbocycles. The molecule has 2 aromatic heterocycles. The van der Waals surface area contributed by atoms with Crippen LogP contribution < -0.4 is 11.0 Å². The number of imidazole rings is 1. The van der Waals surface area contributed by atoms with Gasteiger partial charge >= 0.3 is 0 Å². The average Bonchev–Trinajstić information content (AvgIpc) is 3.36. The van der Waals surface area contributed by atoms with Crippen LogP contribution in [0.3, 0.4) is 0 Å². The summed E-state index contributed by atoms with van der Waals surface area (Å²) in [6.07, 6.45) is 0.968. The van der Waals surface area contributed by atoms with Crippen molar-refractivity contribution in [1.82, 2.24) is 35.5 Å². The Morgan fingerprint density at radius 3 is 2.34 bits per heavy atom. The molecule has 0 saturated carbocycles. The number of amidine groups is 2. The lowest BCUT2D eigenvalue weighted by Gasteiger charge is -2.12. The quantitative estimate of drug-likeness (QED) is 0.148. The van der Waals surface area contributed by atoms with Crippen LogP contribution in [0.2, 0.25) is 0 Å². The second-order valence-corrected chi connectivity index (χ2v) is 7.99. The summed E-state index contributed by atoms with van der Waals surface area (Å²) in [6, 6.07) is 10.6. The van der Waals surface area contributed by atoms with Crippen molar-refractivity contribution in [2.75, 3.05) is 0 Å². The summed E-state index contributed by atoms with van der Waals surface area (Å²) in [4.78, 5) is 4.80. The minimum Gasteiger partial charge on any atom is -0.326 e. The lowest BCUT2D eigenvalue weighted by atomic mass is 10.1. The summed E-state index contributed by atoms with van der Waals surface area (Å²) in [5.74, 6) is 1.09. The second-order valence-electron chi connectivity index (χ2n) is 7.99. The molecule has 0 aliphatic rings. The molecule has 0 fully saturated rings. The van der Waals surface area contributed by atoms with E-state index in [-0.39, 0.29) is 11.7 Å². The third kappa shape index (κ3) is 4.03. The fraction of sp³-hybridized carbons (Fsp3) is 0.286. The molecule has 0 spiro atoms. The summed E-state index contributed by atoms with van der Waals surface area (Å²) in [5.41, 5.74) is 7.82. The van der Waals surface area contributed by atoms with Gasteiger partial charge in [0.2, 0.25) is 0 Å². The van der Waals surface area contributed by atoms with Crippen LogP contribution in [-0.2, 0) is 13.1 Å². The van der Waals surface area contributed by atoms with Crippen LogP contribution in [0, 0.1) is 16.7 Å². The zero-order valence-corrected chi connectivity index (χ0v) is 17.8. The van der Waals surface area contributed by atoms with E-state index < -0.39 is 0 Å². The normalized spacial score (nSPS) is 11.4. The minimum atomic E-state index is -0.115. The highest BCUT2D eigenvalue weighted by molar-refractivity contribution is 5.99. The number of benzene rings is 2. The molecule has 0 aliphatic heterocycles. The van der Waals surface area contributed by atoms with Gasteiger partial charge in [-0.2, -0.15) is 0 Å². The van der Waals surface area contributed by atoms with Crippen LogP contribution in [0.1, 0.15) is 37.2 Å². The number of hydroxylamine groups is 2. The Bertz CT molecular complexity index is 1310. The van der Waals surface area contributed by atoms with Gasteiger partial charge in [0.1, 0.15) is 29.6 Å². The van der Waals surface area contributed by atoms with Gasteiger partial charge in [0.15, 0.2) is 0 Å².